The fraction of sp³-hybridized carbons (Fsp3) is 0.346. The van der Waals surface area contributed by atoms with Crippen molar-refractivity contribution in [2.45, 2.75) is 39.5 Å². The van der Waals surface area contributed by atoms with Crippen LogP contribution >= 0.6 is 0 Å². The Kier molecular flexibility index (Phi) is 10.3. The predicted octanol–water partition coefficient (Wildman–Crippen LogP) is 6.51. The van der Waals surface area contributed by atoms with E-state index in [0.717, 1.165) is 42.7 Å². The summed E-state index contributed by atoms with van der Waals surface area (Å²) in [5.41, 5.74) is 1.50. The lowest BCUT2D eigenvalue weighted by molar-refractivity contribution is 0.104. The van der Waals surface area contributed by atoms with Crippen molar-refractivity contribution in [3.05, 3.63) is 72.3 Å². The Balaban J connectivity index is 2.07. The first-order chi connectivity index (χ1) is 14.7. The monoisotopic (exact) mass is 408 g/mol. The molecule has 0 saturated carbocycles. The number of carbonyl (C=O) groups is 1. The van der Waals surface area contributed by atoms with E-state index in [2.05, 4.69) is 20.4 Å². The lowest BCUT2D eigenvalue weighted by Gasteiger charge is -2.13. The third-order valence-corrected chi connectivity index (χ3v) is 4.41. The van der Waals surface area contributed by atoms with Crippen LogP contribution in [0.2, 0.25) is 0 Å². The van der Waals surface area contributed by atoms with Crippen molar-refractivity contribution in [3.63, 3.8) is 0 Å². The lowest BCUT2D eigenvalue weighted by Crippen LogP contribution is -2.02. The highest BCUT2D eigenvalue weighted by Crippen LogP contribution is 2.29. The molecule has 0 amide bonds. The van der Waals surface area contributed by atoms with Gasteiger partial charge in [0.15, 0.2) is 17.3 Å². The SMILES string of the molecule is C=CCOc1ccc(C(=O)/C=C/c2ccc(OCCCC)c(OCCCC)c2)cc1. The molecule has 0 spiro atoms. The molecule has 0 heterocycles. The van der Waals surface area contributed by atoms with Crippen LogP contribution in [0.15, 0.2) is 61.2 Å². The van der Waals surface area contributed by atoms with Gasteiger partial charge in [-0.2, -0.15) is 0 Å². The fourth-order valence-corrected chi connectivity index (χ4v) is 2.65. The standard InChI is InChI=1S/C26H32O4/c1-4-7-18-29-25-16-10-21(20-26(25)30-19-8-5-2)9-15-24(27)22-11-13-23(14-12-22)28-17-6-3/h6,9-16,20H,3-5,7-8,17-19H2,1-2H3/b15-9+. The molecule has 0 saturated heterocycles. The van der Waals surface area contributed by atoms with Crippen LogP contribution in [-0.2, 0) is 0 Å². The topological polar surface area (TPSA) is 44.8 Å². The maximum absolute atomic E-state index is 12.5. The zero-order valence-electron chi connectivity index (χ0n) is 18.1. The normalized spacial score (nSPS) is 10.7. The Morgan fingerprint density at radius 3 is 2.20 bits per heavy atom. The van der Waals surface area contributed by atoms with E-state index in [1.165, 1.54) is 0 Å². The number of ether oxygens (including phenoxy) is 3. The summed E-state index contributed by atoms with van der Waals surface area (Å²) in [6.07, 6.45) is 9.19. The van der Waals surface area contributed by atoms with Crippen LogP contribution in [0.1, 0.15) is 55.5 Å². The van der Waals surface area contributed by atoms with Gasteiger partial charge in [-0.05, 0) is 60.9 Å². The smallest absolute Gasteiger partial charge is 0.185 e. The summed E-state index contributed by atoms with van der Waals surface area (Å²) in [5, 5.41) is 0. The molecule has 2 aromatic rings. The van der Waals surface area contributed by atoms with Crippen LogP contribution in [0.25, 0.3) is 6.08 Å². The van der Waals surface area contributed by atoms with E-state index in [9.17, 15) is 4.79 Å². The van der Waals surface area contributed by atoms with Gasteiger partial charge in [-0.15, -0.1) is 0 Å². The van der Waals surface area contributed by atoms with Gasteiger partial charge in [0.1, 0.15) is 12.4 Å². The molecule has 4 nitrogen and oxygen atoms in total. The first-order valence-electron chi connectivity index (χ1n) is 10.6. The second-order valence-electron chi connectivity index (χ2n) is 6.93. The second-order valence-corrected chi connectivity index (χ2v) is 6.93. The maximum atomic E-state index is 12.5. The van der Waals surface area contributed by atoms with Gasteiger partial charge in [-0.3, -0.25) is 4.79 Å². The maximum Gasteiger partial charge on any atom is 0.185 e. The van der Waals surface area contributed by atoms with Gasteiger partial charge < -0.3 is 14.2 Å². The molecular formula is C26H32O4. The first-order valence-corrected chi connectivity index (χ1v) is 10.6. The average molecular weight is 409 g/mol. The Bertz CT molecular complexity index is 821. The molecule has 0 bridgehead atoms. The fourth-order valence-electron chi connectivity index (χ4n) is 2.65. The third-order valence-electron chi connectivity index (χ3n) is 4.41. The summed E-state index contributed by atoms with van der Waals surface area (Å²) in [6, 6.07) is 12.9. The summed E-state index contributed by atoms with van der Waals surface area (Å²) >= 11 is 0. The van der Waals surface area contributed by atoms with Gasteiger partial charge in [-0.1, -0.05) is 51.5 Å². The molecular weight excluding hydrogens is 376 g/mol. The molecule has 2 rings (SSSR count). The largest absolute Gasteiger partial charge is 0.490 e. The molecule has 0 atom stereocenters. The zero-order chi connectivity index (χ0) is 21.6. The van der Waals surface area contributed by atoms with Gasteiger partial charge in [0.2, 0.25) is 0 Å². The number of rotatable bonds is 14. The molecule has 4 heteroatoms. The van der Waals surface area contributed by atoms with Crippen LogP contribution < -0.4 is 14.2 Å². The summed E-state index contributed by atoms with van der Waals surface area (Å²) in [4.78, 5) is 12.5. The van der Waals surface area contributed by atoms with Crippen LogP contribution in [-0.4, -0.2) is 25.6 Å². The highest BCUT2D eigenvalue weighted by Gasteiger charge is 2.07. The molecule has 0 unspecified atom stereocenters. The van der Waals surface area contributed by atoms with E-state index in [1.54, 1.807) is 42.5 Å². The Morgan fingerprint density at radius 2 is 1.57 bits per heavy atom. The lowest BCUT2D eigenvalue weighted by atomic mass is 10.1. The van der Waals surface area contributed by atoms with E-state index in [4.69, 9.17) is 14.2 Å². The van der Waals surface area contributed by atoms with Crippen molar-refractivity contribution in [1.82, 2.24) is 0 Å². The van der Waals surface area contributed by atoms with Crippen LogP contribution in [0.5, 0.6) is 17.2 Å². The van der Waals surface area contributed by atoms with Gasteiger partial charge in [0.25, 0.3) is 0 Å². The van der Waals surface area contributed by atoms with Crippen LogP contribution in [0.4, 0.5) is 0 Å². The second kappa shape index (κ2) is 13.3. The van der Waals surface area contributed by atoms with Crippen molar-refractivity contribution < 1.29 is 19.0 Å². The highest BCUT2D eigenvalue weighted by molar-refractivity contribution is 6.06. The molecule has 0 aliphatic carbocycles. The van der Waals surface area contributed by atoms with Crippen molar-refractivity contribution in [3.8, 4) is 17.2 Å². The predicted molar refractivity (Wildman–Crippen MR) is 123 cm³/mol. The molecule has 0 aromatic heterocycles. The summed E-state index contributed by atoms with van der Waals surface area (Å²) in [6.45, 7) is 9.64. The highest BCUT2D eigenvalue weighted by atomic mass is 16.5. The first kappa shape index (κ1) is 23.3. The van der Waals surface area contributed by atoms with Crippen LogP contribution in [0.3, 0.4) is 0 Å². The number of hydrogen-bond acceptors (Lipinski definition) is 4. The van der Waals surface area contributed by atoms with E-state index in [1.807, 2.05) is 18.2 Å². The van der Waals surface area contributed by atoms with Crippen molar-refractivity contribution in [2.75, 3.05) is 19.8 Å². The van der Waals surface area contributed by atoms with Gasteiger partial charge in [-0.25, -0.2) is 0 Å². The van der Waals surface area contributed by atoms with E-state index in [-0.39, 0.29) is 5.78 Å². The van der Waals surface area contributed by atoms with Crippen molar-refractivity contribution in [2.24, 2.45) is 0 Å². The van der Waals surface area contributed by atoms with E-state index >= 15 is 0 Å². The number of unbranched alkanes of at least 4 members (excludes halogenated alkanes) is 2. The molecule has 30 heavy (non-hydrogen) atoms. The number of hydrogen-bond donors (Lipinski definition) is 0. The number of carbonyl (C=O) groups excluding carboxylic acids is 1. The third kappa shape index (κ3) is 7.78. The minimum Gasteiger partial charge on any atom is -0.490 e. The van der Waals surface area contributed by atoms with Gasteiger partial charge in [0, 0.05) is 5.56 Å². The summed E-state index contributed by atoms with van der Waals surface area (Å²) in [5.74, 6) is 2.11. The van der Waals surface area contributed by atoms with Gasteiger partial charge in [0.05, 0.1) is 13.2 Å². The Hall–Kier alpha value is -3.01. The molecule has 0 aliphatic rings. The molecule has 0 fully saturated rings. The number of benzene rings is 2. The number of allylic oxidation sites excluding steroid dienone is 1. The molecule has 0 N–H and O–H groups in total. The Morgan fingerprint density at radius 1 is 0.900 bits per heavy atom. The molecule has 160 valence electrons. The number of ketones is 1. The average Bonchev–Trinajstić information content (AvgIpc) is 2.78. The quantitative estimate of drug-likeness (QED) is 0.155. The van der Waals surface area contributed by atoms with Gasteiger partial charge >= 0.3 is 0 Å². The summed E-state index contributed by atoms with van der Waals surface area (Å²) in [7, 11) is 0. The minimum atomic E-state index is -0.0676. The van der Waals surface area contributed by atoms with Crippen LogP contribution in [0, 0.1) is 0 Å². The van der Waals surface area contributed by atoms with Crippen molar-refractivity contribution >= 4 is 11.9 Å². The van der Waals surface area contributed by atoms with E-state index in [0.29, 0.717) is 31.1 Å². The summed E-state index contributed by atoms with van der Waals surface area (Å²) < 4.78 is 17.2. The molecule has 2 aromatic carbocycles. The Labute approximate surface area is 180 Å². The van der Waals surface area contributed by atoms with E-state index < -0.39 is 0 Å². The zero-order valence-corrected chi connectivity index (χ0v) is 18.1. The molecule has 0 radical (unpaired) electrons. The minimum absolute atomic E-state index is 0.0676. The molecule has 0 aliphatic heterocycles. The van der Waals surface area contributed by atoms with Crippen molar-refractivity contribution in [1.29, 1.82) is 0 Å².